The maximum Gasteiger partial charge on any atom is 0.363 e. The van der Waals surface area contributed by atoms with Gasteiger partial charge >= 0.3 is 5.97 Å². The van der Waals surface area contributed by atoms with Crippen molar-refractivity contribution in [1.82, 2.24) is 0 Å². The predicted molar refractivity (Wildman–Crippen MR) is 127 cm³/mol. The fourth-order valence-electron chi connectivity index (χ4n) is 3.43. The molecule has 0 bridgehead atoms. The first-order valence-corrected chi connectivity index (χ1v) is 10.6. The number of benzene rings is 3. The molecule has 6 heteroatoms. The number of hydrogen-bond acceptors (Lipinski definition) is 6. The lowest BCUT2D eigenvalue weighted by Gasteiger charge is -2.13. The van der Waals surface area contributed by atoms with Crippen molar-refractivity contribution in [2.75, 3.05) is 20.3 Å². The molecule has 0 fully saturated rings. The average molecular weight is 443 g/mol. The number of nitrogens with zero attached hydrogens (tertiary/aromatic N) is 1. The molecule has 3 aromatic carbocycles. The molecular weight excluding hydrogens is 418 g/mol. The van der Waals surface area contributed by atoms with E-state index in [9.17, 15) is 4.79 Å². The van der Waals surface area contributed by atoms with E-state index in [-0.39, 0.29) is 5.70 Å². The van der Waals surface area contributed by atoms with Gasteiger partial charge in [0.05, 0.1) is 7.11 Å². The Morgan fingerprint density at radius 3 is 2.33 bits per heavy atom. The second kappa shape index (κ2) is 10.0. The summed E-state index contributed by atoms with van der Waals surface area (Å²) in [7, 11) is 1.57. The number of ether oxygens (including phenoxy) is 4. The zero-order chi connectivity index (χ0) is 23.2. The summed E-state index contributed by atoms with van der Waals surface area (Å²) in [5.74, 6) is 1.79. The zero-order valence-electron chi connectivity index (χ0n) is 18.8. The van der Waals surface area contributed by atoms with Gasteiger partial charge in [-0.3, -0.25) is 0 Å². The monoisotopic (exact) mass is 443 g/mol. The van der Waals surface area contributed by atoms with Gasteiger partial charge < -0.3 is 18.9 Å². The summed E-state index contributed by atoms with van der Waals surface area (Å²) in [4.78, 5) is 16.6. The summed E-state index contributed by atoms with van der Waals surface area (Å²) < 4.78 is 22.4. The Balaban J connectivity index is 1.41. The van der Waals surface area contributed by atoms with Crippen LogP contribution >= 0.6 is 0 Å². The van der Waals surface area contributed by atoms with Crippen molar-refractivity contribution in [3.8, 4) is 17.2 Å². The van der Waals surface area contributed by atoms with E-state index >= 15 is 0 Å². The summed E-state index contributed by atoms with van der Waals surface area (Å²) in [6.45, 7) is 4.84. The smallest absolute Gasteiger partial charge is 0.363 e. The van der Waals surface area contributed by atoms with E-state index in [2.05, 4.69) is 18.0 Å². The molecule has 0 spiro atoms. The van der Waals surface area contributed by atoms with Crippen molar-refractivity contribution in [3.63, 3.8) is 0 Å². The topological polar surface area (TPSA) is 66.4 Å². The number of methoxy groups -OCH3 is 1. The molecule has 0 aromatic heterocycles. The largest absolute Gasteiger partial charge is 0.493 e. The van der Waals surface area contributed by atoms with Crippen LogP contribution in [0.25, 0.3) is 6.08 Å². The minimum absolute atomic E-state index is 0.228. The first kappa shape index (κ1) is 22.1. The highest BCUT2D eigenvalue weighted by Gasteiger charge is 2.24. The van der Waals surface area contributed by atoms with Gasteiger partial charge in [-0.2, -0.15) is 0 Å². The second-order valence-corrected chi connectivity index (χ2v) is 7.58. The molecule has 0 saturated carbocycles. The molecule has 0 amide bonds. The fourth-order valence-corrected chi connectivity index (χ4v) is 3.43. The van der Waals surface area contributed by atoms with E-state index in [1.807, 2.05) is 55.5 Å². The minimum Gasteiger partial charge on any atom is -0.493 e. The van der Waals surface area contributed by atoms with Crippen molar-refractivity contribution in [2.24, 2.45) is 4.99 Å². The Hall–Kier alpha value is -4.06. The number of hydrogen-bond donors (Lipinski definition) is 0. The predicted octanol–water partition coefficient (Wildman–Crippen LogP) is 5.11. The van der Waals surface area contributed by atoms with Gasteiger partial charge in [-0.05, 0) is 61.4 Å². The minimum atomic E-state index is -0.489. The normalized spacial score (nSPS) is 14.1. The van der Waals surface area contributed by atoms with E-state index in [0.29, 0.717) is 30.6 Å². The van der Waals surface area contributed by atoms with Gasteiger partial charge in [0.2, 0.25) is 5.90 Å². The number of aryl methyl sites for hydroxylation is 2. The van der Waals surface area contributed by atoms with Crippen LogP contribution in [0.1, 0.15) is 22.3 Å². The van der Waals surface area contributed by atoms with Crippen LogP contribution in [0.2, 0.25) is 0 Å². The van der Waals surface area contributed by atoms with Gasteiger partial charge in [-0.1, -0.05) is 42.0 Å². The second-order valence-electron chi connectivity index (χ2n) is 7.58. The van der Waals surface area contributed by atoms with Gasteiger partial charge in [0, 0.05) is 5.56 Å². The number of cyclic esters (lactones) is 1. The molecule has 4 rings (SSSR count). The van der Waals surface area contributed by atoms with Gasteiger partial charge in [0.1, 0.15) is 19.0 Å². The summed E-state index contributed by atoms with van der Waals surface area (Å²) >= 11 is 0. The van der Waals surface area contributed by atoms with E-state index in [0.717, 1.165) is 22.4 Å². The van der Waals surface area contributed by atoms with Crippen LogP contribution in [0, 0.1) is 13.8 Å². The fraction of sp³-hybridized carbons (Fsp3) is 0.185. The molecule has 0 unspecified atom stereocenters. The molecule has 6 nitrogen and oxygen atoms in total. The highest BCUT2D eigenvalue weighted by atomic mass is 16.6. The van der Waals surface area contributed by atoms with Gasteiger partial charge in [-0.25, -0.2) is 9.79 Å². The van der Waals surface area contributed by atoms with Gasteiger partial charge in [0.25, 0.3) is 0 Å². The average Bonchev–Trinajstić information content (AvgIpc) is 3.19. The van der Waals surface area contributed by atoms with E-state index < -0.39 is 5.97 Å². The number of carbonyl (C=O) groups is 1. The molecule has 33 heavy (non-hydrogen) atoms. The molecule has 0 aliphatic carbocycles. The Morgan fingerprint density at radius 1 is 0.879 bits per heavy atom. The lowest BCUT2D eigenvalue weighted by atomic mass is 10.1. The lowest BCUT2D eigenvalue weighted by Crippen LogP contribution is -2.10. The van der Waals surface area contributed by atoms with Crippen LogP contribution in [-0.2, 0) is 9.53 Å². The summed E-state index contributed by atoms with van der Waals surface area (Å²) in [5.41, 5.74) is 4.01. The Morgan fingerprint density at radius 2 is 1.61 bits per heavy atom. The summed E-state index contributed by atoms with van der Waals surface area (Å²) in [5, 5.41) is 0. The number of rotatable bonds is 8. The molecule has 3 aromatic rings. The van der Waals surface area contributed by atoms with Crippen LogP contribution in [-0.4, -0.2) is 32.2 Å². The highest BCUT2D eigenvalue weighted by Crippen LogP contribution is 2.30. The molecule has 1 heterocycles. The molecule has 0 N–H and O–H groups in total. The third-order valence-electron chi connectivity index (χ3n) is 5.06. The third-order valence-corrected chi connectivity index (χ3v) is 5.06. The van der Waals surface area contributed by atoms with Crippen molar-refractivity contribution in [3.05, 3.63) is 94.7 Å². The third kappa shape index (κ3) is 5.41. The molecular formula is C27H25NO5. The maximum atomic E-state index is 12.2. The van der Waals surface area contributed by atoms with Crippen LogP contribution in [0.4, 0.5) is 0 Å². The molecule has 0 saturated heterocycles. The van der Waals surface area contributed by atoms with Crippen LogP contribution < -0.4 is 14.2 Å². The van der Waals surface area contributed by atoms with Crippen molar-refractivity contribution < 1.29 is 23.7 Å². The first-order chi connectivity index (χ1) is 16.0. The Bertz CT molecular complexity index is 1210. The van der Waals surface area contributed by atoms with E-state index in [1.165, 1.54) is 5.56 Å². The lowest BCUT2D eigenvalue weighted by molar-refractivity contribution is -0.129. The number of carbonyl (C=O) groups excluding carboxylic acids is 1. The van der Waals surface area contributed by atoms with Crippen molar-refractivity contribution >= 4 is 17.9 Å². The van der Waals surface area contributed by atoms with Crippen LogP contribution in [0.5, 0.6) is 17.2 Å². The summed E-state index contributed by atoms with van der Waals surface area (Å²) in [6.07, 6.45) is 1.66. The van der Waals surface area contributed by atoms with Crippen molar-refractivity contribution in [2.45, 2.75) is 13.8 Å². The van der Waals surface area contributed by atoms with Gasteiger partial charge in [0.15, 0.2) is 17.2 Å². The number of aliphatic imine (C=N–C) groups is 1. The maximum absolute atomic E-state index is 12.2. The van der Waals surface area contributed by atoms with E-state index in [1.54, 1.807) is 25.3 Å². The van der Waals surface area contributed by atoms with Crippen LogP contribution in [0.3, 0.4) is 0 Å². The quantitative estimate of drug-likeness (QED) is 0.275. The van der Waals surface area contributed by atoms with Crippen molar-refractivity contribution in [1.29, 1.82) is 0 Å². The SMILES string of the molecule is COc1cc(C=C2N=C(c3ccccc3)OC2=O)ccc1OCCOc1ccc(C)cc1C. The van der Waals surface area contributed by atoms with E-state index in [4.69, 9.17) is 18.9 Å². The highest BCUT2D eigenvalue weighted by molar-refractivity contribution is 6.12. The van der Waals surface area contributed by atoms with Gasteiger partial charge in [-0.15, -0.1) is 0 Å². The molecule has 1 aliphatic rings. The first-order valence-electron chi connectivity index (χ1n) is 10.6. The Labute approximate surface area is 193 Å². The molecule has 0 radical (unpaired) electrons. The van der Waals surface area contributed by atoms with Crippen LogP contribution in [0.15, 0.2) is 77.4 Å². The zero-order valence-corrected chi connectivity index (χ0v) is 18.8. The number of esters is 1. The molecule has 1 aliphatic heterocycles. The summed E-state index contributed by atoms with van der Waals surface area (Å²) in [6, 6.07) is 20.8. The Kier molecular flexibility index (Phi) is 6.74. The molecule has 0 atom stereocenters. The molecule has 168 valence electrons. The standard InChI is InChI=1S/C27H25NO5/c1-18-9-11-23(19(2)15-18)31-13-14-32-24-12-10-20(17-25(24)30-3)16-22-27(29)33-26(28-22)21-7-5-4-6-8-21/h4-12,15-17H,13-14H2,1-3H3.